The van der Waals surface area contributed by atoms with E-state index in [1.807, 2.05) is 0 Å². The molecule has 0 bridgehead atoms. The largest absolute Gasteiger partial charge is 0.481 e. The van der Waals surface area contributed by atoms with E-state index in [1.54, 1.807) is 13.8 Å². The summed E-state index contributed by atoms with van der Waals surface area (Å²) in [4.78, 5) is 21.9. The Morgan fingerprint density at radius 1 is 1.62 bits per heavy atom. The van der Waals surface area contributed by atoms with Gasteiger partial charge in [-0.25, -0.2) is 0 Å². The molecule has 0 fully saturated rings. The van der Waals surface area contributed by atoms with E-state index in [0.29, 0.717) is 12.0 Å². The van der Waals surface area contributed by atoms with E-state index in [0.717, 1.165) is 0 Å². The molecule has 0 aromatic carbocycles. The molecule has 0 spiro atoms. The van der Waals surface area contributed by atoms with Crippen molar-refractivity contribution in [3.05, 3.63) is 17.5 Å². The molecule has 0 radical (unpaired) electrons. The van der Waals surface area contributed by atoms with Crippen molar-refractivity contribution in [2.75, 3.05) is 0 Å². The van der Waals surface area contributed by atoms with Gasteiger partial charge in [0.15, 0.2) is 0 Å². The molecule has 6 nitrogen and oxygen atoms in total. The molecule has 1 heterocycles. The summed E-state index contributed by atoms with van der Waals surface area (Å²) in [6.45, 7) is 3.46. The summed E-state index contributed by atoms with van der Waals surface area (Å²) in [5.74, 6) is -1.08. The van der Waals surface area contributed by atoms with E-state index in [1.165, 1.54) is 6.20 Å². The van der Waals surface area contributed by atoms with E-state index < -0.39 is 5.97 Å². The lowest BCUT2D eigenvalue weighted by Gasteiger charge is -2.11. The maximum atomic E-state index is 11.6. The molecule has 1 rings (SSSR count). The summed E-state index contributed by atoms with van der Waals surface area (Å²) in [6.07, 6.45) is 1.86. The zero-order valence-electron chi connectivity index (χ0n) is 9.19. The Kier molecular flexibility index (Phi) is 4.04. The minimum atomic E-state index is -0.878. The summed E-state index contributed by atoms with van der Waals surface area (Å²) in [7, 11) is 0. The highest BCUT2D eigenvalue weighted by Crippen LogP contribution is 2.06. The molecule has 0 aliphatic carbocycles. The Labute approximate surface area is 92.6 Å². The van der Waals surface area contributed by atoms with Gasteiger partial charge in [-0.1, -0.05) is 5.16 Å². The molecule has 1 atom stereocenters. The zero-order valence-corrected chi connectivity index (χ0v) is 9.19. The van der Waals surface area contributed by atoms with Crippen LogP contribution in [0.25, 0.3) is 0 Å². The number of aliphatic carboxylic acids is 1. The molecule has 0 saturated carbocycles. The highest BCUT2D eigenvalue weighted by Gasteiger charge is 2.16. The molecule has 88 valence electrons. The summed E-state index contributed by atoms with van der Waals surface area (Å²) in [5.41, 5.74) is 0.655. The quantitative estimate of drug-likeness (QED) is 0.780. The highest BCUT2D eigenvalue weighted by atomic mass is 16.5. The Balaban J connectivity index is 2.46. The van der Waals surface area contributed by atoms with Crippen LogP contribution in [0.2, 0.25) is 0 Å². The lowest BCUT2D eigenvalue weighted by atomic mass is 10.1. The summed E-state index contributed by atoms with van der Waals surface area (Å²) in [6, 6.07) is -0.215. The predicted molar refractivity (Wildman–Crippen MR) is 55.0 cm³/mol. The van der Waals surface area contributed by atoms with Crippen LogP contribution in [0.5, 0.6) is 0 Å². The van der Waals surface area contributed by atoms with Crippen LogP contribution < -0.4 is 5.32 Å². The van der Waals surface area contributed by atoms with Gasteiger partial charge in [0.1, 0.15) is 0 Å². The first-order valence-corrected chi connectivity index (χ1v) is 4.94. The molecule has 0 aliphatic rings. The van der Waals surface area contributed by atoms with Crippen molar-refractivity contribution < 1.29 is 19.2 Å². The van der Waals surface area contributed by atoms with Gasteiger partial charge in [-0.2, -0.15) is 0 Å². The number of aromatic nitrogens is 1. The third kappa shape index (κ3) is 3.38. The molecule has 1 aromatic rings. The zero-order chi connectivity index (χ0) is 12.1. The number of carbonyl (C=O) groups is 2. The van der Waals surface area contributed by atoms with Crippen molar-refractivity contribution in [2.45, 2.75) is 32.7 Å². The Bertz CT molecular complexity index is 386. The van der Waals surface area contributed by atoms with Crippen LogP contribution in [0.4, 0.5) is 0 Å². The lowest BCUT2D eigenvalue weighted by Crippen LogP contribution is -2.33. The van der Waals surface area contributed by atoms with Crippen LogP contribution in [0.3, 0.4) is 0 Å². The molecule has 0 aliphatic heterocycles. The Morgan fingerprint density at radius 3 is 2.81 bits per heavy atom. The second-order valence-electron chi connectivity index (χ2n) is 3.64. The van der Waals surface area contributed by atoms with Crippen LogP contribution in [-0.4, -0.2) is 28.2 Å². The van der Waals surface area contributed by atoms with Crippen molar-refractivity contribution >= 4 is 11.9 Å². The second kappa shape index (κ2) is 5.29. The summed E-state index contributed by atoms with van der Waals surface area (Å²) in [5, 5.41) is 14.6. The molecular weight excluding hydrogens is 212 g/mol. The average Bonchev–Trinajstić information content (AvgIpc) is 2.61. The Hall–Kier alpha value is -1.85. The van der Waals surface area contributed by atoms with Crippen molar-refractivity contribution in [2.24, 2.45) is 0 Å². The fraction of sp³-hybridized carbons (Fsp3) is 0.500. The van der Waals surface area contributed by atoms with Crippen molar-refractivity contribution in [1.82, 2.24) is 10.5 Å². The summed E-state index contributed by atoms with van der Waals surface area (Å²) >= 11 is 0. The first-order chi connectivity index (χ1) is 7.50. The molecule has 6 heteroatoms. The lowest BCUT2D eigenvalue weighted by molar-refractivity contribution is -0.137. The first-order valence-electron chi connectivity index (χ1n) is 4.94. The van der Waals surface area contributed by atoms with E-state index in [-0.39, 0.29) is 24.1 Å². The minimum Gasteiger partial charge on any atom is -0.481 e. The number of aryl methyl sites for hydroxylation is 1. The third-order valence-electron chi connectivity index (χ3n) is 2.12. The van der Waals surface area contributed by atoms with E-state index in [2.05, 4.69) is 10.5 Å². The van der Waals surface area contributed by atoms with Crippen molar-refractivity contribution in [3.63, 3.8) is 0 Å². The second-order valence-corrected chi connectivity index (χ2v) is 3.64. The minimum absolute atomic E-state index is 0.0246. The van der Waals surface area contributed by atoms with Crippen LogP contribution in [0.1, 0.15) is 35.9 Å². The monoisotopic (exact) mass is 226 g/mol. The fourth-order valence-corrected chi connectivity index (χ4v) is 1.21. The van der Waals surface area contributed by atoms with Crippen molar-refractivity contribution in [1.29, 1.82) is 0 Å². The van der Waals surface area contributed by atoms with Crippen LogP contribution in [0.15, 0.2) is 10.7 Å². The number of hydrogen-bond acceptors (Lipinski definition) is 4. The number of carboxylic acid groups (broad SMARTS) is 1. The van der Waals surface area contributed by atoms with Crippen molar-refractivity contribution in [3.8, 4) is 0 Å². The van der Waals surface area contributed by atoms with Crippen LogP contribution >= 0.6 is 0 Å². The molecule has 0 saturated heterocycles. The van der Waals surface area contributed by atoms with Gasteiger partial charge in [0, 0.05) is 18.0 Å². The van der Waals surface area contributed by atoms with Gasteiger partial charge in [0.05, 0.1) is 6.20 Å². The number of amides is 1. The summed E-state index contributed by atoms with van der Waals surface area (Å²) < 4.78 is 4.77. The first kappa shape index (κ1) is 12.2. The SMILES string of the molecule is Cc1cnoc1C(=O)NC(C)CCC(=O)O. The predicted octanol–water partition coefficient (Wildman–Crippen LogP) is 0.966. The molecule has 1 unspecified atom stereocenters. The molecular formula is C10H14N2O4. The van der Waals surface area contributed by atoms with Gasteiger partial charge in [0.25, 0.3) is 5.91 Å². The van der Waals surface area contributed by atoms with Gasteiger partial charge in [0.2, 0.25) is 5.76 Å². The maximum absolute atomic E-state index is 11.6. The number of carbonyl (C=O) groups excluding carboxylic acids is 1. The van der Waals surface area contributed by atoms with E-state index >= 15 is 0 Å². The fourth-order valence-electron chi connectivity index (χ4n) is 1.21. The molecule has 2 N–H and O–H groups in total. The number of nitrogens with one attached hydrogen (secondary N) is 1. The van der Waals surface area contributed by atoms with Gasteiger partial charge >= 0.3 is 5.97 Å². The van der Waals surface area contributed by atoms with Gasteiger partial charge in [-0.15, -0.1) is 0 Å². The molecule has 1 aromatic heterocycles. The van der Waals surface area contributed by atoms with Crippen LogP contribution in [0, 0.1) is 6.92 Å². The maximum Gasteiger partial charge on any atom is 0.303 e. The highest BCUT2D eigenvalue weighted by molar-refractivity contribution is 5.92. The number of carboxylic acids is 1. The van der Waals surface area contributed by atoms with Gasteiger partial charge in [-0.05, 0) is 20.3 Å². The Morgan fingerprint density at radius 2 is 2.31 bits per heavy atom. The number of rotatable bonds is 5. The molecule has 1 amide bonds. The number of nitrogens with zero attached hydrogens (tertiary/aromatic N) is 1. The third-order valence-corrected chi connectivity index (χ3v) is 2.12. The molecule has 16 heavy (non-hydrogen) atoms. The number of hydrogen-bond donors (Lipinski definition) is 2. The average molecular weight is 226 g/mol. The van der Waals surface area contributed by atoms with Gasteiger partial charge in [-0.3, -0.25) is 9.59 Å². The van der Waals surface area contributed by atoms with E-state index in [4.69, 9.17) is 9.63 Å². The topological polar surface area (TPSA) is 92.4 Å². The van der Waals surface area contributed by atoms with Crippen LogP contribution in [-0.2, 0) is 4.79 Å². The van der Waals surface area contributed by atoms with E-state index in [9.17, 15) is 9.59 Å². The van der Waals surface area contributed by atoms with Gasteiger partial charge < -0.3 is 14.9 Å². The smallest absolute Gasteiger partial charge is 0.303 e. The normalized spacial score (nSPS) is 12.1. The standard InChI is InChI=1S/C10H14N2O4/c1-6-5-11-16-9(6)10(15)12-7(2)3-4-8(13)14/h5,7H,3-4H2,1-2H3,(H,12,15)(H,13,14).